The zero-order chi connectivity index (χ0) is 12.4. The van der Waals surface area contributed by atoms with Crippen LogP contribution in [0.15, 0.2) is 24.3 Å². The molecule has 0 atom stereocenters. The summed E-state index contributed by atoms with van der Waals surface area (Å²) in [4.78, 5) is 16.2. The Labute approximate surface area is 103 Å². The molecular formula is C14H20N2O. The molecule has 1 aliphatic rings. The summed E-state index contributed by atoms with van der Waals surface area (Å²) < 4.78 is 0. The number of nitrogens with zero attached hydrogens (tertiary/aromatic N) is 2. The molecule has 0 unspecified atom stereocenters. The SMILES string of the molecule is CCCN1Cc2ccccc2N(C(C)C)C1=O. The topological polar surface area (TPSA) is 23.6 Å². The van der Waals surface area contributed by atoms with E-state index >= 15 is 0 Å². The minimum Gasteiger partial charge on any atom is -0.320 e. The number of carbonyl (C=O) groups excluding carboxylic acids is 1. The van der Waals surface area contributed by atoms with Crippen LogP contribution >= 0.6 is 0 Å². The fourth-order valence-electron chi connectivity index (χ4n) is 2.35. The second kappa shape index (κ2) is 4.78. The van der Waals surface area contributed by atoms with Crippen molar-refractivity contribution >= 4 is 11.7 Å². The fraction of sp³-hybridized carbons (Fsp3) is 0.500. The highest BCUT2D eigenvalue weighted by Crippen LogP contribution is 2.29. The van der Waals surface area contributed by atoms with Gasteiger partial charge in [-0.2, -0.15) is 0 Å². The van der Waals surface area contributed by atoms with Gasteiger partial charge in [-0.25, -0.2) is 4.79 Å². The number of rotatable bonds is 3. The first-order valence-corrected chi connectivity index (χ1v) is 6.31. The molecule has 3 heteroatoms. The van der Waals surface area contributed by atoms with Crippen LogP contribution in [0.4, 0.5) is 10.5 Å². The Morgan fingerprint density at radius 1 is 1.29 bits per heavy atom. The van der Waals surface area contributed by atoms with Crippen LogP contribution in [0.3, 0.4) is 0 Å². The summed E-state index contributed by atoms with van der Waals surface area (Å²) in [6.07, 6.45) is 1.000. The van der Waals surface area contributed by atoms with Gasteiger partial charge in [-0.3, -0.25) is 4.90 Å². The van der Waals surface area contributed by atoms with E-state index in [0.29, 0.717) is 0 Å². The van der Waals surface area contributed by atoms with Crippen LogP contribution in [-0.4, -0.2) is 23.5 Å². The van der Waals surface area contributed by atoms with E-state index in [-0.39, 0.29) is 12.1 Å². The van der Waals surface area contributed by atoms with Crippen LogP contribution in [0.1, 0.15) is 32.8 Å². The lowest BCUT2D eigenvalue weighted by molar-refractivity contribution is 0.196. The average Bonchev–Trinajstić information content (AvgIpc) is 2.30. The third kappa shape index (κ3) is 2.14. The van der Waals surface area contributed by atoms with E-state index in [4.69, 9.17) is 0 Å². The van der Waals surface area contributed by atoms with Gasteiger partial charge in [-0.15, -0.1) is 0 Å². The maximum atomic E-state index is 12.4. The quantitative estimate of drug-likeness (QED) is 0.784. The highest BCUT2D eigenvalue weighted by atomic mass is 16.2. The van der Waals surface area contributed by atoms with E-state index in [2.05, 4.69) is 26.8 Å². The Morgan fingerprint density at radius 3 is 2.65 bits per heavy atom. The molecule has 17 heavy (non-hydrogen) atoms. The first kappa shape index (κ1) is 12.0. The number of urea groups is 1. The van der Waals surface area contributed by atoms with Crippen LogP contribution in [0.25, 0.3) is 0 Å². The van der Waals surface area contributed by atoms with Crippen molar-refractivity contribution in [2.75, 3.05) is 11.4 Å². The average molecular weight is 232 g/mol. The summed E-state index contributed by atoms with van der Waals surface area (Å²) in [5.41, 5.74) is 2.31. The van der Waals surface area contributed by atoms with Crippen molar-refractivity contribution in [3.8, 4) is 0 Å². The normalized spacial score (nSPS) is 15.4. The zero-order valence-electron chi connectivity index (χ0n) is 10.8. The van der Waals surface area contributed by atoms with Crippen molar-refractivity contribution in [3.05, 3.63) is 29.8 Å². The molecular weight excluding hydrogens is 212 g/mol. The molecule has 3 nitrogen and oxygen atoms in total. The van der Waals surface area contributed by atoms with Crippen LogP contribution in [0.5, 0.6) is 0 Å². The van der Waals surface area contributed by atoms with Gasteiger partial charge in [-0.1, -0.05) is 25.1 Å². The number of benzene rings is 1. The fourth-order valence-corrected chi connectivity index (χ4v) is 2.35. The number of amides is 2. The second-order valence-electron chi connectivity index (χ2n) is 4.80. The Balaban J connectivity index is 2.39. The molecule has 1 heterocycles. The molecule has 1 aromatic carbocycles. The van der Waals surface area contributed by atoms with Gasteiger partial charge in [0.15, 0.2) is 0 Å². The van der Waals surface area contributed by atoms with E-state index in [9.17, 15) is 4.79 Å². The highest BCUT2D eigenvalue weighted by Gasteiger charge is 2.30. The van der Waals surface area contributed by atoms with E-state index in [1.165, 1.54) is 5.56 Å². The number of hydrogen-bond acceptors (Lipinski definition) is 1. The molecule has 0 aliphatic carbocycles. The Bertz CT molecular complexity index is 414. The predicted molar refractivity (Wildman–Crippen MR) is 70.2 cm³/mol. The highest BCUT2D eigenvalue weighted by molar-refractivity contribution is 5.95. The number of fused-ring (bicyclic) bond motifs is 1. The summed E-state index contributed by atoms with van der Waals surface area (Å²) in [6, 6.07) is 8.52. The van der Waals surface area contributed by atoms with Gasteiger partial charge >= 0.3 is 6.03 Å². The number of para-hydroxylation sites is 1. The minimum absolute atomic E-state index is 0.139. The molecule has 0 saturated heterocycles. The van der Waals surface area contributed by atoms with Gasteiger partial charge in [0.05, 0.1) is 5.69 Å². The summed E-state index contributed by atoms with van der Waals surface area (Å²) in [5, 5.41) is 0. The first-order valence-electron chi connectivity index (χ1n) is 6.31. The van der Waals surface area contributed by atoms with Gasteiger partial charge in [0.1, 0.15) is 0 Å². The van der Waals surface area contributed by atoms with Gasteiger partial charge in [0, 0.05) is 19.1 Å². The molecule has 0 N–H and O–H groups in total. The zero-order valence-corrected chi connectivity index (χ0v) is 10.8. The Hall–Kier alpha value is -1.51. The maximum Gasteiger partial charge on any atom is 0.325 e. The smallest absolute Gasteiger partial charge is 0.320 e. The lowest BCUT2D eigenvalue weighted by atomic mass is 10.1. The summed E-state index contributed by atoms with van der Waals surface area (Å²) in [7, 11) is 0. The second-order valence-corrected chi connectivity index (χ2v) is 4.80. The molecule has 92 valence electrons. The number of hydrogen-bond donors (Lipinski definition) is 0. The lowest BCUT2D eigenvalue weighted by Gasteiger charge is -2.39. The molecule has 0 aromatic heterocycles. The third-order valence-electron chi connectivity index (χ3n) is 3.10. The molecule has 0 radical (unpaired) electrons. The summed E-state index contributed by atoms with van der Waals surface area (Å²) >= 11 is 0. The van der Waals surface area contributed by atoms with Gasteiger partial charge in [0.25, 0.3) is 0 Å². The molecule has 2 rings (SSSR count). The van der Waals surface area contributed by atoms with Crippen molar-refractivity contribution in [3.63, 3.8) is 0 Å². The van der Waals surface area contributed by atoms with Crippen molar-refractivity contribution in [2.24, 2.45) is 0 Å². The molecule has 0 bridgehead atoms. The maximum absolute atomic E-state index is 12.4. The monoisotopic (exact) mass is 232 g/mol. The number of anilines is 1. The van der Waals surface area contributed by atoms with E-state index in [1.807, 2.05) is 28.0 Å². The Morgan fingerprint density at radius 2 is 2.00 bits per heavy atom. The van der Waals surface area contributed by atoms with Crippen molar-refractivity contribution in [1.29, 1.82) is 0 Å². The first-order chi connectivity index (χ1) is 8.15. The van der Waals surface area contributed by atoms with Crippen LogP contribution in [-0.2, 0) is 6.54 Å². The molecule has 0 saturated carbocycles. The van der Waals surface area contributed by atoms with Gasteiger partial charge in [-0.05, 0) is 31.9 Å². The minimum atomic E-state index is 0.139. The van der Waals surface area contributed by atoms with Crippen molar-refractivity contribution in [2.45, 2.75) is 39.8 Å². The van der Waals surface area contributed by atoms with Crippen LogP contribution in [0.2, 0.25) is 0 Å². The molecule has 1 aromatic rings. The van der Waals surface area contributed by atoms with Gasteiger partial charge < -0.3 is 4.90 Å². The third-order valence-corrected chi connectivity index (χ3v) is 3.10. The van der Waals surface area contributed by atoms with Gasteiger partial charge in [0.2, 0.25) is 0 Å². The van der Waals surface area contributed by atoms with Crippen molar-refractivity contribution < 1.29 is 4.79 Å². The standard InChI is InChI=1S/C14H20N2O/c1-4-9-15-10-12-7-5-6-8-13(12)16(11(2)3)14(15)17/h5-8,11H,4,9-10H2,1-3H3. The lowest BCUT2D eigenvalue weighted by Crippen LogP contribution is -2.50. The molecule has 0 spiro atoms. The largest absolute Gasteiger partial charge is 0.325 e. The predicted octanol–water partition coefficient (Wildman–Crippen LogP) is 3.25. The van der Waals surface area contributed by atoms with Crippen LogP contribution in [0, 0.1) is 0 Å². The van der Waals surface area contributed by atoms with E-state index in [1.54, 1.807) is 0 Å². The van der Waals surface area contributed by atoms with E-state index in [0.717, 1.165) is 25.2 Å². The summed E-state index contributed by atoms with van der Waals surface area (Å²) in [5.74, 6) is 0. The molecule has 2 amide bonds. The molecule has 1 aliphatic heterocycles. The van der Waals surface area contributed by atoms with Crippen LogP contribution < -0.4 is 4.90 Å². The van der Waals surface area contributed by atoms with Crippen molar-refractivity contribution in [1.82, 2.24) is 4.90 Å². The van der Waals surface area contributed by atoms with E-state index < -0.39 is 0 Å². The number of carbonyl (C=O) groups is 1. The molecule has 0 fully saturated rings. The summed E-state index contributed by atoms with van der Waals surface area (Å²) in [6.45, 7) is 7.80. The Kier molecular flexibility index (Phi) is 3.36.